The summed E-state index contributed by atoms with van der Waals surface area (Å²) in [5.41, 5.74) is 2.95. The summed E-state index contributed by atoms with van der Waals surface area (Å²) in [4.78, 5) is 15.0. The van der Waals surface area contributed by atoms with Crippen LogP contribution in [0.2, 0.25) is 0 Å². The van der Waals surface area contributed by atoms with E-state index < -0.39 is 17.9 Å². The minimum absolute atomic E-state index is 0.0555. The number of carboxylic acid groups (broad SMARTS) is 1. The molecule has 0 aliphatic heterocycles. The average molecular weight is 494 g/mol. The Hall–Kier alpha value is -2.36. The van der Waals surface area contributed by atoms with Crippen molar-refractivity contribution in [1.29, 1.82) is 5.26 Å². The smallest absolute Gasteiger partial charge is 0.407 e. The number of hydrogen-bond donors (Lipinski definition) is 1. The van der Waals surface area contributed by atoms with Gasteiger partial charge in [-0.1, -0.05) is 40.5 Å². The van der Waals surface area contributed by atoms with Gasteiger partial charge in [-0.05, 0) is 68.2 Å². The normalized spacial score (nSPS) is 19.2. The summed E-state index contributed by atoms with van der Waals surface area (Å²) in [5.74, 6) is -3.11. The lowest BCUT2D eigenvalue weighted by molar-refractivity contribution is -0.103. The number of unbranched alkanes of at least 4 members (excludes halogenated alkanes) is 1. The first-order chi connectivity index (χ1) is 16.2. The molecule has 0 unspecified atom stereocenters. The van der Waals surface area contributed by atoms with Crippen molar-refractivity contribution in [1.82, 2.24) is 4.90 Å². The van der Waals surface area contributed by atoms with Crippen LogP contribution in [0.5, 0.6) is 0 Å². The van der Waals surface area contributed by atoms with E-state index in [0.29, 0.717) is 32.4 Å². The lowest BCUT2D eigenvalue weighted by atomic mass is 9.76. The maximum absolute atomic E-state index is 14.0. The number of amides is 1. The zero-order valence-electron chi connectivity index (χ0n) is 22.7. The monoisotopic (exact) mass is 493 g/mol. The Balaban J connectivity index is 0.000000400. The fourth-order valence-electron chi connectivity index (χ4n) is 4.66. The molecule has 1 aliphatic rings. The second-order valence-electron chi connectivity index (χ2n) is 11.1. The van der Waals surface area contributed by atoms with Crippen LogP contribution in [0.3, 0.4) is 0 Å². The summed E-state index contributed by atoms with van der Waals surface area (Å²) < 4.78 is 28.0. The Kier molecular flexibility index (Phi) is 12.0. The maximum Gasteiger partial charge on any atom is 0.407 e. The van der Waals surface area contributed by atoms with Crippen molar-refractivity contribution in [3.63, 3.8) is 0 Å². The van der Waals surface area contributed by atoms with E-state index >= 15 is 0 Å². The van der Waals surface area contributed by atoms with Crippen LogP contribution in [0.4, 0.5) is 19.3 Å². The number of rotatable bonds is 8. The number of nitrogens with zero attached hydrogens (tertiary/aromatic N) is 3. The Morgan fingerprint density at radius 1 is 1.29 bits per heavy atom. The Morgan fingerprint density at radius 2 is 1.94 bits per heavy atom. The molecule has 198 valence electrons. The first kappa shape index (κ1) is 30.7. The molecule has 2 rings (SSSR count). The number of halogens is 2. The number of carbonyl (C=O) groups is 1. The van der Waals surface area contributed by atoms with Crippen LogP contribution in [0, 0.1) is 35.5 Å². The van der Waals surface area contributed by atoms with Crippen molar-refractivity contribution in [3.05, 3.63) is 29.3 Å². The molecule has 1 amide bonds. The highest BCUT2D eigenvalue weighted by Gasteiger charge is 2.44. The molecule has 1 aliphatic carbocycles. The molecule has 7 heteroatoms. The Bertz CT molecular complexity index is 846. The lowest BCUT2D eigenvalue weighted by Gasteiger charge is -2.38. The van der Waals surface area contributed by atoms with E-state index in [-0.39, 0.29) is 17.8 Å². The van der Waals surface area contributed by atoms with Gasteiger partial charge in [-0.25, -0.2) is 13.6 Å². The van der Waals surface area contributed by atoms with E-state index in [0.717, 1.165) is 30.5 Å². The van der Waals surface area contributed by atoms with Crippen molar-refractivity contribution in [3.8, 4) is 6.07 Å². The average Bonchev–Trinajstić information content (AvgIpc) is 2.77. The quantitative estimate of drug-likeness (QED) is 0.405. The van der Waals surface area contributed by atoms with Gasteiger partial charge in [0.05, 0.1) is 11.6 Å². The van der Waals surface area contributed by atoms with E-state index in [2.05, 4.69) is 17.9 Å². The number of aryl methyl sites for hydroxylation is 1. The van der Waals surface area contributed by atoms with Gasteiger partial charge >= 0.3 is 6.09 Å². The van der Waals surface area contributed by atoms with Crippen molar-refractivity contribution in [2.24, 2.45) is 17.3 Å². The van der Waals surface area contributed by atoms with E-state index in [1.54, 1.807) is 0 Å². The van der Waals surface area contributed by atoms with Crippen LogP contribution >= 0.6 is 0 Å². The summed E-state index contributed by atoms with van der Waals surface area (Å²) >= 11 is 0. The molecule has 5 nitrogen and oxygen atoms in total. The van der Waals surface area contributed by atoms with Gasteiger partial charge in [-0.3, -0.25) is 0 Å². The highest BCUT2D eigenvalue weighted by Crippen LogP contribution is 2.43. The molecule has 0 radical (unpaired) electrons. The van der Waals surface area contributed by atoms with Crippen molar-refractivity contribution < 1.29 is 18.7 Å². The van der Waals surface area contributed by atoms with E-state index in [1.165, 1.54) is 10.6 Å². The van der Waals surface area contributed by atoms with E-state index in [1.807, 2.05) is 59.9 Å². The van der Waals surface area contributed by atoms with E-state index in [4.69, 9.17) is 5.26 Å². The molecule has 0 spiro atoms. The molecule has 1 fully saturated rings. The lowest BCUT2D eigenvalue weighted by Crippen LogP contribution is -2.43. The summed E-state index contributed by atoms with van der Waals surface area (Å²) in [6.45, 7) is 13.9. The molecule has 35 heavy (non-hydrogen) atoms. The first-order valence-corrected chi connectivity index (χ1v) is 12.8. The second kappa shape index (κ2) is 13.7. The third-order valence-corrected chi connectivity index (χ3v) is 6.63. The second-order valence-corrected chi connectivity index (χ2v) is 11.1. The van der Waals surface area contributed by atoms with Crippen LogP contribution in [0.25, 0.3) is 0 Å². The van der Waals surface area contributed by atoms with Gasteiger partial charge in [0.2, 0.25) is 0 Å². The summed E-state index contributed by atoms with van der Waals surface area (Å²) in [7, 11) is 2.05. The van der Waals surface area contributed by atoms with Crippen LogP contribution < -0.4 is 4.90 Å². The standard InChI is InChI=1S/C17H31F2NO2.C11H14N2/c1-5-6-7-14-10-13(8-9-17(14,18)19)11-20(15(21)22)12-16(2,3)4;1-4-13(3)11-6-5-10(8-12)7-9(11)2/h13-14H,5-12H2,1-4H3,(H,21,22);5-7H,4H2,1-3H3/t13-,14-;/m1./s1. The van der Waals surface area contributed by atoms with E-state index in [9.17, 15) is 18.7 Å². The van der Waals surface area contributed by atoms with Crippen molar-refractivity contribution in [2.45, 2.75) is 86.0 Å². The molecule has 1 aromatic rings. The zero-order chi connectivity index (χ0) is 26.8. The highest BCUT2D eigenvalue weighted by atomic mass is 19.3. The predicted octanol–water partition coefficient (Wildman–Crippen LogP) is 7.58. The number of benzene rings is 1. The minimum Gasteiger partial charge on any atom is -0.465 e. The first-order valence-electron chi connectivity index (χ1n) is 12.8. The highest BCUT2D eigenvalue weighted by molar-refractivity contribution is 5.65. The van der Waals surface area contributed by atoms with Crippen LogP contribution in [0.15, 0.2) is 18.2 Å². The number of hydrogen-bond acceptors (Lipinski definition) is 3. The van der Waals surface area contributed by atoms with Crippen LogP contribution in [-0.4, -0.2) is 48.7 Å². The molecule has 1 saturated carbocycles. The van der Waals surface area contributed by atoms with Crippen LogP contribution in [0.1, 0.15) is 84.3 Å². The largest absolute Gasteiger partial charge is 0.465 e. The molecule has 0 aromatic heterocycles. The molecule has 0 bridgehead atoms. The number of alkyl halides is 2. The third-order valence-electron chi connectivity index (χ3n) is 6.63. The van der Waals surface area contributed by atoms with Gasteiger partial charge in [-0.2, -0.15) is 5.26 Å². The molecule has 1 N–H and O–H groups in total. The molecule has 1 aromatic carbocycles. The van der Waals surface area contributed by atoms with Gasteiger partial charge in [-0.15, -0.1) is 0 Å². The van der Waals surface area contributed by atoms with Gasteiger partial charge in [0, 0.05) is 44.7 Å². The molecule has 0 saturated heterocycles. The molecule has 0 heterocycles. The molecule has 2 atom stereocenters. The SMILES string of the molecule is CCCC[C@@H]1C[C@H](CN(CC(C)(C)C)C(=O)O)CCC1(F)F.CCN(C)c1ccc(C#N)cc1C. The van der Waals surface area contributed by atoms with Crippen molar-refractivity contribution >= 4 is 11.8 Å². The number of anilines is 1. The fourth-order valence-corrected chi connectivity index (χ4v) is 4.66. The molecular formula is C28H45F2N3O2. The third kappa shape index (κ3) is 10.4. The predicted molar refractivity (Wildman–Crippen MR) is 139 cm³/mol. The minimum atomic E-state index is -2.58. The summed E-state index contributed by atoms with van der Waals surface area (Å²) in [6, 6.07) is 7.90. The zero-order valence-corrected chi connectivity index (χ0v) is 22.7. The van der Waals surface area contributed by atoms with Gasteiger partial charge in [0.15, 0.2) is 0 Å². The number of nitriles is 1. The van der Waals surface area contributed by atoms with Gasteiger partial charge in [0.1, 0.15) is 0 Å². The Morgan fingerprint density at radius 3 is 2.43 bits per heavy atom. The van der Waals surface area contributed by atoms with Crippen LogP contribution in [-0.2, 0) is 0 Å². The topological polar surface area (TPSA) is 67.6 Å². The molecular weight excluding hydrogens is 448 g/mol. The van der Waals surface area contributed by atoms with Gasteiger partial charge < -0.3 is 14.9 Å². The summed E-state index contributed by atoms with van der Waals surface area (Å²) in [6.07, 6.45) is 2.10. The summed E-state index contributed by atoms with van der Waals surface area (Å²) in [5, 5.41) is 18.0. The maximum atomic E-state index is 14.0. The van der Waals surface area contributed by atoms with Gasteiger partial charge in [0.25, 0.3) is 5.92 Å². The Labute approximate surface area is 211 Å². The fraction of sp³-hybridized carbons (Fsp3) is 0.714. The van der Waals surface area contributed by atoms with Crippen molar-refractivity contribution in [2.75, 3.05) is 31.6 Å².